The van der Waals surface area contributed by atoms with Gasteiger partial charge in [0.25, 0.3) is 5.91 Å². The third-order valence-electron chi connectivity index (χ3n) is 8.23. The Morgan fingerprint density at radius 2 is 1.47 bits per heavy atom. The summed E-state index contributed by atoms with van der Waals surface area (Å²) in [6, 6.07) is 28.7. The van der Waals surface area contributed by atoms with Crippen LogP contribution in [0.4, 0.5) is 5.69 Å². The summed E-state index contributed by atoms with van der Waals surface area (Å²) >= 11 is 3.39. The van der Waals surface area contributed by atoms with Gasteiger partial charge in [-0.25, -0.2) is 0 Å². The third kappa shape index (κ3) is 5.95. The molecule has 218 valence electrons. The smallest absolute Gasteiger partial charge is 0.264 e. The van der Waals surface area contributed by atoms with Gasteiger partial charge in [-0.2, -0.15) is 0 Å². The van der Waals surface area contributed by atoms with Crippen LogP contribution in [0.3, 0.4) is 0 Å². The third-order valence-corrected chi connectivity index (χ3v) is 10.4. The van der Waals surface area contributed by atoms with E-state index in [-0.39, 0.29) is 24.4 Å². The average Bonchev–Trinajstić information content (AvgIpc) is 3.74. The van der Waals surface area contributed by atoms with Crippen LogP contribution < -0.4 is 5.32 Å². The highest BCUT2D eigenvalue weighted by Gasteiger charge is 2.27. The number of rotatable bonds is 8. The molecule has 4 nitrogen and oxygen atoms in total. The molecule has 0 spiro atoms. The number of benzene rings is 3. The van der Waals surface area contributed by atoms with Crippen LogP contribution in [0.1, 0.15) is 63.7 Å². The highest BCUT2D eigenvalue weighted by atomic mass is 32.1. The second kappa shape index (κ2) is 12.3. The molecule has 0 fully saturated rings. The molecule has 1 aliphatic carbocycles. The van der Waals surface area contributed by atoms with Crippen molar-refractivity contribution in [2.45, 2.75) is 53.0 Å². The first-order valence-electron chi connectivity index (χ1n) is 14.9. The summed E-state index contributed by atoms with van der Waals surface area (Å²) in [5, 5.41) is 5.09. The fraction of sp³-hybridized carbons (Fsp3) is 0.243. The zero-order valence-corrected chi connectivity index (χ0v) is 26.7. The van der Waals surface area contributed by atoms with Crippen molar-refractivity contribution in [2.24, 2.45) is 0 Å². The summed E-state index contributed by atoms with van der Waals surface area (Å²) in [7, 11) is 0. The molecule has 6 heteroatoms. The van der Waals surface area contributed by atoms with Crippen LogP contribution >= 0.6 is 22.7 Å². The number of carbonyl (C=O) groups excluding carboxylic acids is 2. The Morgan fingerprint density at radius 1 is 0.814 bits per heavy atom. The van der Waals surface area contributed by atoms with E-state index in [2.05, 4.69) is 61.6 Å². The normalized spacial score (nSPS) is 13.2. The van der Waals surface area contributed by atoms with Crippen molar-refractivity contribution in [3.8, 4) is 10.4 Å². The van der Waals surface area contributed by atoms with E-state index in [9.17, 15) is 9.59 Å². The van der Waals surface area contributed by atoms with Crippen molar-refractivity contribution in [1.82, 2.24) is 4.90 Å². The molecule has 5 aromatic rings. The SMILES string of the molecule is Cc1sc(C(=O)N(CC(=O)Nc2cccc3ccccc23)C(C)C)cc1C1=C(c2cc(-c3ccccc3)sc2C)CCC1. The summed E-state index contributed by atoms with van der Waals surface area (Å²) in [6.07, 6.45) is 3.18. The number of thiophene rings is 2. The lowest BCUT2D eigenvalue weighted by Crippen LogP contribution is -2.42. The molecule has 0 saturated carbocycles. The van der Waals surface area contributed by atoms with E-state index >= 15 is 0 Å². The predicted molar refractivity (Wildman–Crippen MR) is 183 cm³/mol. The van der Waals surface area contributed by atoms with Gasteiger partial charge >= 0.3 is 0 Å². The van der Waals surface area contributed by atoms with E-state index < -0.39 is 0 Å². The minimum atomic E-state index is -0.199. The van der Waals surface area contributed by atoms with Crippen molar-refractivity contribution in [2.75, 3.05) is 11.9 Å². The summed E-state index contributed by atoms with van der Waals surface area (Å²) in [5.41, 5.74) is 7.29. The second-order valence-corrected chi connectivity index (χ2v) is 14.0. The average molecular weight is 605 g/mol. The molecule has 0 bridgehead atoms. The quantitative estimate of drug-likeness (QED) is 0.192. The number of hydrogen-bond donors (Lipinski definition) is 1. The van der Waals surface area contributed by atoms with E-state index in [1.807, 2.05) is 67.6 Å². The van der Waals surface area contributed by atoms with Crippen LogP contribution in [0.5, 0.6) is 0 Å². The topological polar surface area (TPSA) is 49.4 Å². The Morgan fingerprint density at radius 3 is 2.21 bits per heavy atom. The van der Waals surface area contributed by atoms with E-state index in [0.29, 0.717) is 4.88 Å². The Balaban J connectivity index is 1.25. The Bertz CT molecular complexity index is 1840. The number of aryl methyl sites for hydroxylation is 2. The molecule has 2 heterocycles. The Hall–Kier alpha value is -4.00. The van der Waals surface area contributed by atoms with Crippen LogP contribution in [-0.4, -0.2) is 29.3 Å². The van der Waals surface area contributed by atoms with Gasteiger partial charge in [0.2, 0.25) is 5.91 Å². The lowest BCUT2D eigenvalue weighted by molar-refractivity contribution is -0.117. The molecule has 0 saturated heterocycles. The maximum Gasteiger partial charge on any atom is 0.264 e. The Kier molecular flexibility index (Phi) is 8.33. The molecule has 2 aromatic heterocycles. The molecular formula is C37H36N2O2S2. The molecule has 1 N–H and O–H groups in total. The van der Waals surface area contributed by atoms with E-state index in [0.717, 1.165) is 40.6 Å². The van der Waals surface area contributed by atoms with Crippen molar-refractivity contribution in [3.63, 3.8) is 0 Å². The number of carbonyl (C=O) groups is 2. The van der Waals surface area contributed by atoms with Gasteiger partial charge in [0.15, 0.2) is 0 Å². The summed E-state index contributed by atoms with van der Waals surface area (Å²) in [6.45, 7) is 8.25. The van der Waals surface area contributed by atoms with Crippen molar-refractivity contribution in [1.29, 1.82) is 0 Å². The summed E-state index contributed by atoms with van der Waals surface area (Å²) in [4.78, 5) is 33.2. The number of nitrogens with one attached hydrogen (secondary N) is 1. The Labute approximate surface area is 261 Å². The number of allylic oxidation sites excluding steroid dienone is 2. The lowest BCUT2D eigenvalue weighted by atomic mass is 9.97. The monoisotopic (exact) mass is 604 g/mol. The predicted octanol–water partition coefficient (Wildman–Crippen LogP) is 9.83. The van der Waals surface area contributed by atoms with Gasteiger partial charge < -0.3 is 10.2 Å². The van der Waals surface area contributed by atoms with Crippen molar-refractivity contribution >= 4 is 62.1 Å². The fourth-order valence-electron chi connectivity index (χ4n) is 6.06. The van der Waals surface area contributed by atoms with Gasteiger partial charge in [-0.3, -0.25) is 9.59 Å². The number of fused-ring (bicyclic) bond motifs is 1. The molecule has 0 radical (unpaired) electrons. The maximum atomic E-state index is 13.9. The highest BCUT2D eigenvalue weighted by Crippen LogP contribution is 2.46. The van der Waals surface area contributed by atoms with Gasteiger partial charge in [-0.15, -0.1) is 22.7 Å². The molecule has 0 aliphatic heterocycles. The van der Waals surface area contributed by atoms with Crippen LogP contribution in [-0.2, 0) is 4.79 Å². The van der Waals surface area contributed by atoms with Crippen LogP contribution in [0.15, 0.2) is 84.9 Å². The second-order valence-electron chi connectivity index (χ2n) is 11.4. The molecule has 2 amide bonds. The zero-order valence-electron chi connectivity index (χ0n) is 25.1. The van der Waals surface area contributed by atoms with Crippen LogP contribution in [0.2, 0.25) is 0 Å². The molecule has 0 unspecified atom stereocenters. The standard InChI is InChI=1S/C37H36N2O2S2/c1-23(2)39(22-36(40)38-33-19-10-15-26-12-8-9-16-28(26)33)37(41)35-21-32(25(4)43-35)30-18-11-17-29(30)31-20-34(42-24(31)3)27-13-6-5-7-14-27/h5-10,12-16,19-21,23H,11,17-18,22H2,1-4H3,(H,38,40). The molecule has 0 atom stereocenters. The first kappa shape index (κ1) is 29.1. The number of hydrogen-bond acceptors (Lipinski definition) is 4. The summed E-state index contributed by atoms with van der Waals surface area (Å²) < 4.78 is 0. The fourth-order valence-corrected chi connectivity index (χ4v) is 8.12. The van der Waals surface area contributed by atoms with Gasteiger partial charge in [-0.1, -0.05) is 66.7 Å². The van der Waals surface area contributed by atoms with Crippen LogP contribution in [0.25, 0.3) is 32.4 Å². The lowest BCUT2D eigenvalue weighted by Gasteiger charge is -2.25. The van der Waals surface area contributed by atoms with E-state index in [4.69, 9.17) is 0 Å². The first-order chi connectivity index (χ1) is 20.8. The molecule has 1 aliphatic rings. The molecule has 6 rings (SSSR count). The van der Waals surface area contributed by atoms with Gasteiger partial charge in [0, 0.05) is 31.7 Å². The molecular weight excluding hydrogens is 569 g/mol. The highest BCUT2D eigenvalue weighted by molar-refractivity contribution is 7.15. The van der Waals surface area contributed by atoms with Crippen LogP contribution in [0, 0.1) is 13.8 Å². The number of nitrogens with zero attached hydrogens (tertiary/aromatic N) is 1. The zero-order chi connectivity index (χ0) is 30.1. The van der Waals surface area contributed by atoms with Gasteiger partial charge in [0.1, 0.15) is 6.54 Å². The van der Waals surface area contributed by atoms with Crippen molar-refractivity contribution in [3.05, 3.63) is 111 Å². The van der Waals surface area contributed by atoms with E-state index in [1.54, 1.807) is 4.90 Å². The minimum absolute atomic E-state index is 0.00366. The molecule has 43 heavy (non-hydrogen) atoms. The summed E-state index contributed by atoms with van der Waals surface area (Å²) in [5.74, 6) is -0.296. The maximum absolute atomic E-state index is 13.9. The minimum Gasteiger partial charge on any atom is -0.326 e. The number of anilines is 1. The molecule has 3 aromatic carbocycles. The van der Waals surface area contributed by atoms with E-state index in [1.165, 1.54) is 48.9 Å². The van der Waals surface area contributed by atoms with Crippen molar-refractivity contribution < 1.29 is 9.59 Å². The largest absolute Gasteiger partial charge is 0.326 e. The van der Waals surface area contributed by atoms with Gasteiger partial charge in [0.05, 0.1) is 4.88 Å². The number of amides is 2. The van der Waals surface area contributed by atoms with Gasteiger partial charge in [-0.05, 0) is 98.4 Å². The first-order valence-corrected chi connectivity index (χ1v) is 16.5.